The number of pyridine rings is 1. The molecule has 2 aliphatic rings. The van der Waals surface area contributed by atoms with Gasteiger partial charge in [-0.05, 0) is 92.0 Å². The van der Waals surface area contributed by atoms with E-state index in [1.165, 1.54) is 29.2 Å². The number of piperidine rings is 1. The SMILES string of the molecule is CN1CCC(N2CCN(c3ccc4c(=O)nc(CCc5cccc(F)c5F)n(CC(=O)N(C)Cc5ccc(-c6ccc(C(F)(F)F)cc6)cc5)c4n3)CC2)CC1. The zero-order chi connectivity index (χ0) is 39.6. The van der Waals surface area contributed by atoms with Crippen LogP contribution < -0.4 is 10.5 Å². The molecule has 56 heavy (non-hydrogen) atoms. The molecular weight excluding hydrogens is 729 g/mol. The Balaban J connectivity index is 1.12. The number of piperazine rings is 1. The molecular formula is C42H44F5N7O2. The smallest absolute Gasteiger partial charge is 0.354 e. The number of nitrogens with zero attached hydrogens (tertiary/aromatic N) is 7. The number of halogens is 5. The van der Waals surface area contributed by atoms with Gasteiger partial charge in [0.1, 0.15) is 23.8 Å². The Morgan fingerprint density at radius 2 is 1.48 bits per heavy atom. The fraction of sp³-hybridized carbons (Fsp3) is 0.381. The molecule has 4 heterocycles. The summed E-state index contributed by atoms with van der Waals surface area (Å²) in [7, 11) is 3.80. The van der Waals surface area contributed by atoms with Gasteiger partial charge in [0.25, 0.3) is 5.56 Å². The number of rotatable bonds is 10. The number of carbonyl (C=O) groups excluding carboxylic acids is 1. The molecule has 2 fully saturated rings. The molecule has 0 unspecified atom stereocenters. The van der Waals surface area contributed by atoms with Crippen molar-refractivity contribution in [2.24, 2.45) is 0 Å². The van der Waals surface area contributed by atoms with Gasteiger partial charge < -0.3 is 19.3 Å². The van der Waals surface area contributed by atoms with Crippen molar-refractivity contribution in [1.82, 2.24) is 29.2 Å². The van der Waals surface area contributed by atoms with Crippen LogP contribution in [0.25, 0.3) is 22.2 Å². The van der Waals surface area contributed by atoms with E-state index in [4.69, 9.17) is 4.98 Å². The van der Waals surface area contributed by atoms with Gasteiger partial charge in [-0.25, -0.2) is 13.8 Å². The van der Waals surface area contributed by atoms with Crippen LogP contribution in [0.15, 0.2) is 83.7 Å². The number of anilines is 1. The van der Waals surface area contributed by atoms with Crippen LogP contribution in [0.2, 0.25) is 0 Å². The zero-order valence-electron chi connectivity index (χ0n) is 31.4. The summed E-state index contributed by atoms with van der Waals surface area (Å²) in [6.45, 7) is 5.46. The van der Waals surface area contributed by atoms with Gasteiger partial charge in [0.05, 0.1) is 10.9 Å². The molecule has 0 bridgehead atoms. The Morgan fingerprint density at radius 1 is 0.821 bits per heavy atom. The monoisotopic (exact) mass is 773 g/mol. The Kier molecular flexibility index (Phi) is 11.5. The Bertz CT molecular complexity index is 2230. The molecule has 0 spiro atoms. The summed E-state index contributed by atoms with van der Waals surface area (Å²) in [6, 6.07) is 20.1. The summed E-state index contributed by atoms with van der Waals surface area (Å²) < 4.78 is 69.5. The largest absolute Gasteiger partial charge is 0.416 e. The van der Waals surface area contributed by atoms with Crippen molar-refractivity contribution < 1.29 is 26.7 Å². The molecule has 2 aromatic heterocycles. The van der Waals surface area contributed by atoms with E-state index in [9.17, 15) is 31.5 Å². The lowest BCUT2D eigenvalue weighted by molar-refractivity contribution is -0.137. The van der Waals surface area contributed by atoms with Crippen LogP contribution in [0.3, 0.4) is 0 Å². The summed E-state index contributed by atoms with van der Waals surface area (Å²) in [5.74, 6) is -1.35. The molecule has 14 heteroatoms. The second kappa shape index (κ2) is 16.5. The van der Waals surface area contributed by atoms with Gasteiger partial charge in [-0.2, -0.15) is 18.2 Å². The molecule has 0 radical (unpaired) electrons. The number of likely N-dealkylation sites (tertiary alicyclic amines) is 1. The number of fused-ring (bicyclic) bond motifs is 1. The number of benzene rings is 3. The molecule has 0 N–H and O–H groups in total. The average molecular weight is 774 g/mol. The van der Waals surface area contributed by atoms with Crippen molar-refractivity contribution >= 4 is 22.8 Å². The van der Waals surface area contributed by atoms with Gasteiger partial charge in [0, 0.05) is 52.2 Å². The fourth-order valence-electron chi connectivity index (χ4n) is 7.64. The number of amides is 1. The molecule has 5 aromatic rings. The second-order valence-corrected chi connectivity index (χ2v) is 14.8. The molecule has 294 valence electrons. The summed E-state index contributed by atoms with van der Waals surface area (Å²) in [5, 5.41) is 0.244. The van der Waals surface area contributed by atoms with E-state index < -0.39 is 28.9 Å². The first-order valence-corrected chi connectivity index (χ1v) is 18.9. The summed E-state index contributed by atoms with van der Waals surface area (Å²) in [5.41, 5.74) is 1.32. The fourth-order valence-corrected chi connectivity index (χ4v) is 7.64. The van der Waals surface area contributed by atoms with Gasteiger partial charge in [-0.3, -0.25) is 14.5 Å². The van der Waals surface area contributed by atoms with E-state index in [0.29, 0.717) is 17.4 Å². The molecule has 3 aromatic carbocycles. The third kappa shape index (κ3) is 8.76. The normalized spacial score (nSPS) is 16.1. The first-order valence-electron chi connectivity index (χ1n) is 18.9. The summed E-state index contributed by atoms with van der Waals surface area (Å²) in [6.07, 6.45) is -2.05. The van der Waals surface area contributed by atoms with Crippen LogP contribution in [-0.4, -0.2) is 94.5 Å². The van der Waals surface area contributed by atoms with Gasteiger partial charge in [-0.1, -0.05) is 48.5 Å². The highest BCUT2D eigenvalue weighted by atomic mass is 19.4. The predicted molar refractivity (Wildman–Crippen MR) is 205 cm³/mol. The topological polar surface area (TPSA) is 77.8 Å². The van der Waals surface area contributed by atoms with Gasteiger partial charge in [-0.15, -0.1) is 0 Å². The third-order valence-corrected chi connectivity index (χ3v) is 11.0. The number of carbonyl (C=O) groups is 1. The van der Waals surface area contributed by atoms with Crippen LogP contribution in [0.4, 0.5) is 27.8 Å². The van der Waals surface area contributed by atoms with E-state index in [1.807, 2.05) is 18.2 Å². The number of likely N-dealkylation sites (N-methyl/N-ethyl adjacent to an activating group) is 1. The Morgan fingerprint density at radius 3 is 2.14 bits per heavy atom. The van der Waals surface area contributed by atoms with Crippen LogP contribution in [0.1, 0.15) is 35.4 Å². The lowest BCUT2D eigenvalue weighted by Gasteiger charge is -2.42. The summed E-state index contributed by atoms with van der Waals surface area (Å²) >= 11 is 0. The zero-order valence-corrected chi connectivity index (χ0v) is 31.4. The van der Waals surface area contributed by atoms with Crippen molar-refractivity contribution in [3.8, 4) is 11.1 Å². The average Bonchev–Trinajstić information content (AvgIpc) is 3.20. The molecule has 0 saturated carbocycles. The lowest BCUT2D eigenvalue weighted by Crippen LogP contribution is -2.53. The van der Waals surface area contributed by atoms with E-state index in [-0.39, 0.29) is 54.3 Å². The standard InChI is InChI=1S/C42H44F5N7O2/c1-50-20-18-33(19-21-50)52-22-24-53(25-23-52)36-17-15-34-40(48-36)54(37(49-41(34)56)16-12-31-4-3-5-35(43)39(31)44)27-38(55)51(2)26-28-6-8-29(9-7-28)30-10-13-32(14-11-30)42(45,46)47/h3-11,13-15,17,33H,12,16,18-27H2,1-2H3. The molecule has 7 rings (SSSR count). The van der Waals surface area contributed by atoms with Crippen molar-refractivity contribution in [1.29, 1.82) is 0 Å². The molecule has 1 amide bonds. The van der Waals surface area contributed by atoms with E-state index in [2.05, 4.69) is 26.7 Å². The highest BCUT2D eigenvalue weighted by Crippen LogP contribution is 2.31. The highest BCUT2D eigenvalue weighted by Gasteiger charge is 2.30. The van der Waals surface area contributed by atoms with Crippen molar-refractivity contribution in [2.75, 3.05) is 58.3 Å². The first kappa shape index (κ1) is 39.0. The second-order valence-electron chi connectivity index (χ2n) is 14.8. The molecule has 0 aliphatic carbocycles. The minimum Gasteiger partial charge on any atom is -0.354 e. The Hall–Kier alpha value is -5.21. The van der Waals surface area contributed by atoms with Crippen LogP contribution in [0.5, 0.6) is 0 Å². The van der Waals surface area contributed by atoms with Crippen molar-refractivity contribution in [3.63, 3.8) is 0 Å². The molecule has 0 atom stereocenters. The van der Waals surface area contributed by atoms with E-state index in [1.54, 1.807) is 29.8 Å². The molecule has 2 saturated heterocycles. The number of alkyl halides is 3. The minimum absolute atomic E-state index is 0.0372. The summed E-state index contributed by atoms with van der Waals surface area (Å²) in [4.78, 5) is 45.2. The van der Waals surface area contributed by atoms with Gasteiger partial charge in [0.15, 0.2) is 11.6 Å². The highest BCUT2D eigenvalue weighted by molar-refractivity contribution is 5.81. The van der Waals surface area contributed by atoms with E-state index >= 15 is 0 Å². The molecule has 2 aliphatic heterocycles. The number of hydrogen-bond acceptors (Lipinski definition) is 7. The van der Waals surface area contributed by atoms with Crippen LogP contribution >= 0.6 is 0 Å². The Labute approximate surface area is 322 Å². The first-order chi connectivity index (χ1) is 26.8. The number of hydrogen-bond donors (Lipinski definition) is 0. The predicted octanol–water partition coefficient (Wildman–Crippen LogP) is 6.42. The number of aryl methyl sites for hydroxylation is 2. The van der Waals surface area contributed by atoms with E-state index in [0.717, 1.165) is 81.4 Å². The third-order valence-electron chi connectivity index (χ3n) is 11.0. The lowest BCUT2D eigenvalue weighted by atomic mass is 10.0. The van der Waals surface area contributed by atoms with Crippen molar-refractivity contribution in [2.45, 2.75) is 51.0 Å². The molecule has 9 nitrogen and oxygen atoms in total. The maximum atomic E-state index is 14.7. The van der Waals surface area contributed by atoms with Crippen LogP contribution in [0, 0.1) is 11.6 Å². The maximum absolute atomic E-state index is 14.7. The van der Waals surface area contributed by atoms with Gasteiger partial charge in [0.2, 0.25) is 5.91 Å². The van der Waals surface area contributed by atoms with Gasteiger partial charge >= 0.3 is 6.18 Å². The number of aromatic nitrogens is 3. The minimum atomic E-state index is -4.42. The maximum Gasteiger partial charge on any atom is 0.416 e. The van der Waals surface area contributed by atoms with Crippen molar-refractivity contribution in [3.05, 3.63) is 123 Å². The van der Waals surface area contributed by atoms with Crippen LogP contribution in [-0.2, 0) is 36.9 Å². The quantitative estimate of drug-likeness (QED) is 0.152.